The van der Waals surface area contributed by atoms with Crippen LogP contribution in [0.1, 0.15) is 16.8 Å². The number of alkyl halides is 4. The van der Waals surface area contributed by atoms with Gasteiger partial charge in [0.1, 0.15) is 0 Å². The third-order valence-corrected chi connectivity index (χ3v) is 3.49. The van der Waals surface area contributed by atoms with Crippen LogP contribution in [0, 0.1) is 0 Å². The van der Waals surface area contributed by atoms with Crippen LogP contribution in [0.25, 0.3) is 0 Å². The van der Waals surface area contributed by atoms with Crippen LogP contribution in [0.5, 0.6) is 0 Å². The average molecular weight is 381 g/mol. The molecule has 0 aliphatic heterocycles. The van der Waals surface area contributed by atoms with E-state index in [1.165, 1.54) is 0 Å². The summed E-state index contributed by atoms with van der Waals surface area (Å²) in [5.74, 6) is 0. The molecular weight excluding hydrogens is 374 g/mol. The topological polar surface area (TPSA) is 0 Å². The van der Waals surface area contributed by atoms with Gasteiger partial charge < -0.3 is 0 Å². The van der Waals surface area contributed by atoms with Gasteiger partial charge in [-0.1, -0.05) is 78.8 Å². The summed E-state index contributed by atoms with van der Waals surface area (Å²) in [7, 11) is 0. The molecule has 5 heteroatoms. The fourth-order valence-corrected chi connectivity index (χ4v) is 3.07. The molecule has 1 rings (SSSR count). The van der Waals surface area contributed by atoms with Crippen molar-refractivity contribution in [1.29, 1.82) is 0 Å². The first-order valence-electron chi connectivity index (χ1n) is 3.85. The van der Waals surface area contributed by atoms with Gasteiger partial charge in [-0.15, -0.1) is 0 Å². The summed E-state index contributed by atoms with van der Waals surface area (Å²) in [4.78, 5) is 0.0584. The Labute approximate surface area is 115 Å². The Kier molecular flexibility index (Phi) is 5.06. The fourth-order valence-electron chi connectivity index (χ4n) is 0.993. The van der Waals surface area contributed by atoms with Crippen LogP contribution in [0.15, 0.2) is 28.7 Å². The summed E-state index contributed by atoms with van der Waals surface area (Å²) in [6.07, 6.45) is 0.444. The van der Waals surface area contributed by atoms with Crippen LogP contribution in [-0.2, 0) is 0 Å². The molecule has 0 saturated heterocycles. The molecule has 0 unspecified atom stereocenters. The van der Waals surface area contributed by atoms with Crippen LogP contribution in [-0.4, -0.2) is 3.79 Å². The Balaban J connectivity index is 2.70. The van der Waals surface area contributed by atoms with Crippen molar-refractivity contribution in [2.45, 2.75) is 15.0 Å². The molecule has 0 saturated carbocycles. The molecule has 0 amide bonds. The zero-order chi connectivity index (χ0) is 10.8. The summed E-state index contributed by atoms with van der Waals surface area (Å²) < 4.78 is -0.184. The van der Waals surface area contributed by atoms with Gasteiger partial charge in [-0.05, 0) is 17.7 Å². The Bertz CT molecular complexity index is 292. The number of rotatable bonds is 2. The molecular formula is C9H7Br2Cl3. The molecule has 0 heterocycles. The molecule has 0 aliphatic rings. The van der Waals surface area contributed by atoms with Crippen molar-refractivity contribution in [3.63, 3.8) is 0 Å². The molecule has 0 N–H and O–H groups in total. The lowest BCUT2D eigenvalue weighted by Gasteiger charge is -2.16. The van der Waals surface area contributed by atoms with Crippen LogP contribution in [0.4, 0.5) is 0 Å². The largest absolute Gasteiger partial charge is 0.192 e. The third-order valence-electron chi connectivity index (χ3n) is 1.64. The Morgan fingerprint density at radius 2 is 1.64 bits per heavy atom. The van der Waals surface area contributed by atoms with E-state index in [0.717, 1.165) is 10.0 Å². The Morgan fingerprint density at radius 1 is 1.14 bits per heavy atom. The average Bonchev–Trinajstić information content (AvgIpc) is 2.02. The van der Waals surface area contributed by atoms with E-state index >= 15 is 0 Å². The summed E-state index contributed by atoms with van der Waals surface area (Å²) in [5, 5.41) is 0. The second-order valence-corrected chi connectivity index (χ2v) is 7.38. The van der Waals surface area contributed by atoms with Gasteiger partial charge in [-0.2, -0.15) is 0 Å². The van der Waals surface area contributed by atoms with Gasteiger partial charge in [0.15, 0.2) is 3.79 Å². The lowest BCUT2D eigenvalue weighted by Crippen LogP contribution is -2.05. The first-order valence-corrected chi connectivity index (χ1v) is 6.69. The highest BCUT2D eigenvalue weighted by Gasteiger charge is 2.24. The van der Waals surface area contributed by atoms with Gasteiger partial charge in [0.2, 0.25) is 0 Å². The van der Waals surface area contributed by atoms with Crippen LogP contribution >= 0.6 is 66.7 Å². The molecule has 0 fully saturated rings. The first-order chi connectivity index (χ1) is 6.38. The summed E-state index contributed by atoms with van der Waals surface area (Å²) in [5.41, 5.74) is 1.10. The van der Waals surface area contributed by atoms with E-state index in [2.05, 4.69) is 31.9 Å². The molecule has 0 spiro atoms. The third kappa shape index (κ3) is 4.71. The van der Waals surface area contributed by atoms with Crippen molar-refractivity contribution in [3.05, 3.63) is 34.3 Å². The van der Waals surface area contributed by atoms with Gasteiger partial charge in [0, 0.05) is 15.7 Å². The predicted octanol–water partition coefficient (Wildman–Crippen LogP) is 5.65. The highest BCUT2D eigenvalue weighted by Crippen LogP contribution is 2.40. The minimum Gasteiger partial charge on any atom is -0.0837 e. The molecule has 1 aromatic carbocycles. The molecule has 0 nitrogen and oxygen atoms in total. The van der Waals surface area contributed by atoms with Crippen molar-refractivity contribution in [2.24, 2.45) is 0 Å². The van der Waals surface area contributed by atoms with Crippen molar-refractivity contribution < 1.29 is 0 Å². The monoisotopic (exact) mass is 378 g/mol. The molecule has 78 valence electrons. The Morgan fingerprint density at radius 3 is 2.07 bits per heavy atom. The number of hydrogen-bond acceptors (Lipinski definition) is 0. The van der Waals surface area contributed by atoms with Gasteiger partial charge in [-0.25, -0.2) is 0 Å². The summed E-state index contributed by atoms with van der Waals surface area (Å²) in [6, 6.07) is 7.89. The zero-order valence-electron chi connectivity index (χ0n) is 6.98. The normalized spacial score (nSPS) is 14.1. The van der Waals surface area contributed by atoms with Gasteiger partial charge in [0.25, 0.3) is 0 Å². The van der Waals surface area contributed by atoms with Crippen LogP contribution in [0.2, 0.25) is 0 Å². The van der Waals surface area contributed by atoms with Crippen molar-refractivity contribution >= 4 is 66.7 Å². The fraction of sp³-hybridized carbons (Fsp3) is 0.333. The van der Waals surface area contributed by atoms with Crippen molar-refractivity contribution in [1.82, 2.24) is 0 Å². The van der Waals surface area contributed by atoms with Gasteiger partial charge >= 0.3 is 0 Å². The standard InChI is InChI=1S/C9H7Br2Cl3/c10-7-3-1-6(2-4-7)8(11)5-9(12,13)14/h1-4,8H,5H2/t8-/m0/s1. The minimum atomic E-state index is -1.22. The Hall–Kier alpha value is 1.05. The molecule has 1 aromatic rings. The SMILES string of the molecule is ClC(Cl)(Cl)C[C@H](Br)c1ccc(Br)cc1. The minimum absolute atomic E-state index is 0.0584. The number of hydrogen-bond donors (Lipinski definition) is 0. The predicted molar refractivity (Wildman–Crippen MR) is 70.7 cm³/mol. The lowest BCUT2D eigenvalue weighted by molar-refractivity contribution is 0.843. The second-order valence-electron chi connectivity index (χ2n) is 2.84. The van der Waals surface area contributed by atoms with Gasteiger partial charge in [0.05, 0.1) is 0 Å². The maximum Gasteiger partial charge on any atom is 0.192 e. The molecule has 0 bridgehead atoms. The van der Waals surface area contributed by atoms with Crippen molar-refractivity contribution in [2.75, 3.05) is 0 Å². The van der Waals surface area contributed by atoms with Crippen LogP contribution < -0.4 is 0 Å². The van der Waals surface area contributed by atoms with E-state index in [9.17, 15) is 0 Å². The summed E-state index contributed by atoms with van der Waals surface area (Å²) >= 11 is 23.9. The maximum atomic E-state index is 5.70. The number of halogens is 5. The summed E-state index contributed by atoms with van der Waals surface area (Å²) in [6.45, 7) is 0. The van der Waals surface area contributed by atoms with Gasteiger partial charge in [-0.3, -0.25) is 0 Å². The van der Waals surface area contributed by atoms with Crippen molar-refractivity contribution in [3.8, 4) is 0 Å². The molecule has 0 aromatic heterocycles. The van der Waals surface area contributed by atoms with E-state index < -0.39 is 3.79 Å². The second kappa shape index (κ2) is 5.40. The molecule has 0 aliphatic carbocycles. The molecule has 14 heavy (non-hydrogen) atoms. The first kappa shape index (κ1) is 13.1. The van der Waals surface area contributed by atoms with E-state index in [1.807, 2.05) is 24.3 Å². The van der Waals surface area contributed by atoms with E-state index in [4.69, 9.17) is 34.8 Å². The zero-order valence-corrected chi connectivity index (χ0v) is 12.4. The van der Waals surface area contributed by atoms with E-state index in [-0.39, 0.29) is 4.83 Å². The highest BCUT2D eigenvalue weighted by molar-refractivity contribution is 9.10. The van der Waals surface area contributed by atoms with E-state index in [0.29, 0.717) is 6.42 Å². The smallest absolute Gasteiger partial charge is 0.0837 e. The molecule has 1 atom stereocenters. The van der Waals surface area contributed by atoms with E-state index in [1.54, 1.807) is 0 Å². The molecule has 0 radical (unpaired) electrons. The lowest BCUT2D eigenvalue weighted by atomic mass is 10.1. The maximum absolute atomic E-state index is 5.70. The highest BCUT2D eigenvalue weighted by atomic mass is 79.9. The quantitative estimate of drug-likeness (QED) is 0.581. The number of benzene rings is 1. The van der Waals surface area contributed by atoms with Crippen LogP contribution in [0.3, 0.4) is 0 Å².